The second-order valence-electron chi connectivity index (χ2n) is 44.6. The third-order valence-corrected chi connectivity index (χ3v) is 42.9. The van der Waals surface area contributed by atoms with Crippen LogP contribution < -0.4 is 50.2 Å². The van der Waals surface area contributed by atoms with Crippen molar-refractivity contribution in [3.8, 4) is 0 Å². The molecule has 147 heavy (non-hydrogen) atoms. The van der Waals surface area contributed by atoms with E-state index in [-0.39, 0.29) is 49.9 Å². The van der Waals surface area contributed by atoms with Gasteiger partial charge in [0.1, 0.15) is 15.7 Å². The first kappa shape index (κ1) is 106. The highest BCUT2D eigenvalue weighted by Gasteiger charge is 2.52. The number of benzene rings is 5. The van der Waals surface area contributed by atoms with Crippen molar-refractivity contribution < 1.29 is 85.1 Å². The van der Waals surface area contributed by atoms with Gasteiger partial charge in [-0.3, -0.25) is 24.3 Å². The Balaban J connectivity index is 0.000000116. The predicted molar refractivity (Wildman–Crippen MR) is 565 cm³/mol. The molecule has 802 valence electrons. The zero-order valence-corrected chi connectivity index (χ0v) is 90.5. The number of anilines is 5. The van der Waals surface area contributed by atoms with E-state index >= 15 is 0 Å². The maximum absolute atomic E-state index is 13.2. The molecule has 9 atom stereocenters. The summed E-state index contributed by atoms with van der Waals surface area (Å²) in [6, 6.07) is 8.83. The first-order valence-electron chi connectivity index (χ1n) is 54.0. The highest BCUT2D eigenvalue weighted by molar-refractivity contribution is 7.92. The van der Waals surface area contributed by atoms with Crippen LogP contribution in [0.15, 0.2) is 30.3 Å². The topological polar surface area (TPSA) is 452 Å². The second kappa shape index (κ2) is 43.9. The zero-order valence-electron chi connectivity index (χ0n) is 86.4. The number of hydrogen-bond donors (Lipinski definition) is 10. The van der Waals surface area contributed by atoms with Gasteiger partial charge in [0.15, 0.2) is 0 Å². The molecule has 12 amide bonds. The molecular weight excluding hydrogens is 1980 g/mol. The van der Waals surface area contributed by atoms with Crippen LogP contribution >= 0.6 is 0 Å². The van der Waals surface area contributed by atoms with Gasteiger partial charge in [-0.05, 0) is 384 Å². The van der Waals surface area contributed by atoms with Crippen molar-refractivity contribution in [2.24, 2.45) is 0 Å². The molecule has 0 radical (unpaired) electrons. The highest BCUT2D eigenvalue weighted by atomic mass is 32.2. The third-order valence-electron chi connectivity index (χ3n) is 34.5. The third kappa shape index (κ3) is 22.9. The molecule has 0 aromatic heterocycles. The van der Waals surface area contributed by atoms with Crippen molar-refractivity contribution in [2.75, 3.05) is 134 Å². The minimum atomic E-state index is -3.94. The number of fused-ring (bicyclic) bond motifs is 12. The van der Waals surface area contributed by atoms with Crippen LogP contribution in [0.5, 0.6) is 0 Å². The number of likely N-dealkylation sites (tertiary alicyclic amines) is 5. The van der Waals surface area contributed by atoms with Crippen LogP contribution in [0.4, 0.5) is 52.4 Å². The lowest BCUT2D eigenvalue weighted by molar-refractivity contribution is -0.134. The van der Waals surface area contributed by atoms with Gasteiger partial charge in [-0.25, -0.2) is 89.7 Å². The number of hydrogen-bond acceptors (Lipinski definition) is 24. The summed E-state index contributed by atoms with van der Waals surface area (Å²) in [6.07, 6.45) is 35.8. The van der Waals surface area contributed by atoms with Gasteiger partial charge in [0.2, 0.25) is 61.9 Å². The number of likely N-dealkylation sites (N-methyl/N-ethyl adjacent to an activating group) is 3. The fraction of sp³-hybridized carbons (Fsp3) is 0.651. The van der Waals surface area contributed by atoms with E-state index in [1.165, 1.54) is 106 Å². The molecule has 23 rings (SSSR count). The van der Waals surface area contributed by atoms with E-state index in [0.717, 1.165) is 295 Å². The molecule has 10 aliphatic carbocycles. The lowest BCUT2D eigenvalue weighted by Gasteiger charge is -2.50. The Morgan fingerprint density at radius 2 is 0.714 bits per heavy atom. The van der Waals surface area contributed by atoms with E-state index in [4.69, 9.17) is 9.47 Å². The van der Waals surface area contributed by atoms with Crippen molar-refractivity contribution in [3.63, 3.8) is 0 Å². The van der Waals surface area contributed by atoms with Crippen LogP contribution in [0, 0.1) is 0 Å². The fourth-order valence-electron chi connectivity index (χ4n) is 27.3. The van der Waals surface area contributed by atoms with Crippen molar-refractivity contribution in [1.29, 1.82) is 0 Å². The minimum Gasteiger partial charge on any atom is -0.379 e. The van der Waals surface area contributed by atoms with Gasteiger partial charge in [-0.1, -0.05) is 30.3 Å². The van der Waals surface area contributed by atoms with Crippen molar-refractivity contribution in [3.05, 3.63) is 142 Å². The van der Waals surface area contributed by atoms with Gasteiger partial charge in [0.25, 0.3) is 0 Å². The van der Waals surface area contributed by atoms with Crippen LogP contribution in [-0.2, 0) is 198 Å². The molecule has 18 aliphatic rings. The van der Waals surface area contributed by atoms with Gasteiger partial charge < -0.3 is 55.7 Å². The number of ether oxygens (including phenoxy) is 2. The van der Waals surface area contributed by atoms with Gasteiger partial charge >= 0.3 is 30.2 Å². The lowest BCUT2D eigenvalue weighted by atomic mass is 9.96. The number of sulfonamides is 5. The molecular formula is C106H149N17O19S5. The number of carbonyl (C=O) groups excluding carboxylic acids is 7. The Hall–Kier alpha value is -9.14. The Morgan fingerprint density at radius 1 is 0.388 bits per heavy atom. The van der Waals surface area contributed by atoms with Crippen LogP contribution in [0.3, 0.4) is 0 Å². The smallest absolute Gasteiger partial charge is 0.332 e. The molecule has 8 aliphatic heterocycles. The van der Waals surface area contributed by atoms with Crippen molar-refractivity contribution in [2.45, 2.75) is 333 Å². The molecule has 5 aromatic carbocycles. The van der Waals surface area contributed by atoms with Crippen LogP contribution in [0.1, 0.15) is 248 Å². The number of rotatable bonds is 22. The number of urea groups is 5. The quantitative estimate of drug-likeness (QED) is 0.0308. The average Bonchev–Trinajstić information content (AvgIpc) is 1.65. The first-order valence-corrected chi connectivity index (χ1v) is 61.7. The monoisotopic (exact) mass is 2120 g/mol. The van der Waals surface area contributed by atoms with E-state index in [0.29, 0.717) is 63.7 Å². The normalized spacial score (nSPS) is 24.7. The summed E-state index contributed by atoms with van der Waals surface area (Å²) in [6.45, 7) is 12.1. The van der Waals surface area contributed by atoms with E-state index in [1.54, 1.807) is 14.1 Å². The first-order chi connectivity index (χ1) is 70.2. The number of amides is 12. The summed E-state index contributed by atoms with van der Waals surface area (Å²) in [5.41, 5.74) is 29.0. The number of carbonyl (C=O) groups is 7. The Morgan fingerprint density at radius 3 is 1.02 bits per heavy atom. The second-order valence-corrected chi connectivity index (χ2v) is 54.4. The van der Waals surface area contributed by atoms with Crippen LogP contribution in [0.2, 0.25) is 0 Å². The Kier molecular flexibility index (Phi) is 31.8. The molecule has 10 N–H and O–H groups in total. The molecule has 0 spiro atoms. The summed E-state index contributed by atoms with van der Waals surface area (Å²) in [5.74, 6) is -0.303. The number of nitrogens with one attached hydrogen (secondary N) is 10. The standard InChI is InChI=1S/C24H34N4O3S.C23H34N4O4S.C21H29N3O4S.C19H27N3O4S.C19H25N3O4S/c1-27-13-19(14-27)28-17-8-9-18(28)12-20(11-17)32(30,31)26-24(29)25-23-21-6-2-4-15(21)10-16-5-3-7-22(16)23;1-14(2)27-13-17(12-20(27)22(28)26(3)4)32(30,31)25-23(29)24-21-18-9-5-7-15(18)11-16-8-6-10-19(16)21;25-21(22-20-18-7-1-4-14(18)10-15-5-2-8-19(15)20)23-29(26,27)17-12-24(13-17)11-16-6-3-9-28-16;1-22-10-16(26-2)17(11-22)27(24,25)21-19(23)20-18-14-7-3-5-12(14)9-13-6-4-8-15(13)18;1-2-22-11-14(10-17(22)23)27(25,26)21-19(24)20-18-15-7-3-5-12(15)9-13-6-4-8-16(13)18/h10,17-20H,2-9,11-14H2,1H3,(H2,25,26,29);11,14,17,20H,5-10,12-13H2,1-4H3,(H2,24,25,29);10,16-17H,1-9,11-13H2,(H2,22,23,25);9,16-17H,3-8,10-11H2,1-2H3,(H2,20,21,23);9,14H,2-8,10-11H2,1H3,(H2,20,21,24)/t17-,18+,20?;;;;. The van der Waals surface area contributed by atoms with E-state index in [1.807, 2.05) is 37.6 Å². The molecule has 36 nitrogen and oxygen atoms in total. The maximum atomic E-state index is 13.2. The van der Waals surface area contributed by atoms with Crippen LogP contribution in [0.25, 0.3) is 0 Å². The Labute approximate surface area is 866 Å². The number of aryl methyl sites for hydroxylation is 10. The molecule has 8 saturated heterocycles. The van der Waals surface area contributed by atoms with Gasteiger partial charge in [-0.15, -0.1) is 0 Å². The molecule has 0 saturated carbocycles. The van der Waals surface area contributed by atoms with Crippen molar-refractivity contribution in [1.82, 2.24) is 57.9 Å². The summed E-state index contributed by atoms with van der Waals surface area (Å²) >= 11 is 0. The SMILES string of the molecule is CC(C)N1CC(S(=O)(=O)NC(=O)Nc2c3c(cc4c2CCC4)CCC3)CC1C(=O)N(C)C.CCN1CC(S(=O)(=O)NC(=O)Nc2c3c(cc4c2CCC4)CCC3)CC1=O.CN1CC(N2[C@@H]3CC[C@H]2CC(S(=O)(=O)NC(=O)Nc2c4c(cc5c2CCC5)CCC4)C3)C1.COC1CN(C)CC1S(=O)(=O)NC(=O)Nc1c2c(cc3c1CCC3)CCC2.O=C(Nc1c2c(cc3c1CCC3)CCC2)NS(=O)(=O)C1CN(CC2CCCO2)C1. The number of methoxy groups -OCH3 is 1. The molecule has 7 unspecified atom stereocenters. The molecule has 41 heteroatoms. The van der Waals surface area contributed by atoms with Crippen LogP contribution in [-0.4, -0.2) is 294 Å². The van der Waals surface area contributed by atoms with E-state index in [2.05, 4.69) is 102 Å². The average molecular weight is 2130 g/mol. The predicted octanol–water partition coefficient (Wildman–Crippen LogP) is 9.64. The maximum Gasteiger partial charge on any atom is 0.332 e. The van der Waals surface area contributed by atoms with E-state index in [9.17, 15) is 75.7 Å². The number of piperidine rings is 1. The largest absolute Gasteiger partial charge is 0.379 e. The van der Waals surface area contributed by atoms with Gasteiger partial charge in [-0.2, -0.15) is 0 Å². The highest BCUT2D eigenvalue weighted by Crippen LogP contribution is 2.47. The summed E-state index contributed by atoms with van der Waals surface area (Å²) < 4.78 is 151. The molecule has 5 aromatic rings. The summed E-state index contributed by atoms with van der Waals surface area (Å²) in [5, 5.41) is 11.0. The van der Waals surface area contributed by atoms with Gasteiger partial charge in [0.05, 0.1) is 28.7 Å². The van der Waals surface area contributed by atoms with Crippen molar-refractivity contribution >= 4 is 121 Å². The molecule has 2 bridgehead atoms. The van der Waals surface area contributed by atoms with E-state index < -0.39 is 119 Å². The minimum absolute atomic E-state index is 0.0208. The summed E-state index contributed by atoms with van der Waals surface area (Å²) in [7, 11) is -10.2. The fourth-order valence-corrected chi connectivity index (χ4v) is 34.0. The van der Waals surface area contributed by atoms with Gasteiger partial charge in [0, 0.05) is 152 Å². The zero-order chi connectivity index (χ0) is 104. The number of nitrogens with zero attached hydrogens (tertiary/aromatic N) is 7. The Bertz CT molecular complexity index is 6410. The summed E-state index contributed by atoms with van der Waals surface area (Å²) in [4.78, 5) is 102. The lowest BCUT2D eigenvalue weighted by Crippen LogP contribution is -2.63. The molecule has 8 fully saturated rings. The molecule has 8 heterocycles.